The Kier molecular flexibility index (Phi) is 5.09. The second-order valence-electron chi connectivity index (χ2n) is 7.76. The van der Waals surface area contributed by atoms with E-state index in [4.69, 9.17) is 4.74 Å². The summed E-state index contributed by atoms with van der Waals surface area (Å²) in [5.41, 5.74) is -1.87. The van der Waals surface area contributed by atoms with E-state index in [-0.39, 0.29) is 5.92 Å². The van der Waals surface area contributed by atoms with Gasteiger partial charge in [0, 0.05) is 0 Å². The highest BCUT2D eigenvalue weighted by Crippen LogP contribution is 2.42. The van der Waals surface area contributed by atoms with E-state index in [0.29, 0.717) is 12.8 Å². The standard InChI is InChI=1S/C18H24N4O5/c1-17(12-5-6-12)15(25)22(16(26)21-17)9-14(24)27-10-13(23)20-18(11-19)7-3-2-4-8-18/h12H,2-10H2,1H3,(H,20,23)(H,21,26)/t17-/m1/s1. The van der Waals surface area contributed by atoms with E-state index in [0.717, 1.165) is 37.0 Å². The van der Waals surface area contributed by atoms with Gasteiger partial charge in [-0.05, 0) is 38.5 Å². The van der Waals surface area contributed by atoms with Crippen LogP contribution in [0.4, 0.5) is 4.79 Å². The maximum Gasteiger partial charge on any atom is 0.326 e. The van der Waals surface area contributed by atoms with Crippen molar-refractivity contribution in [2.24, 2.45) is 5.92 Å². The van der Waals surface area contributed by atoms with Crippen LogP contribution in [0.25, 0.3) is 0 Å². The summed E-state index contributed by atoms with van der Waals surface area (Å²) >= 11 is 0. The number of amides is 4. The maximum atomic E-state index is 12.5. The molecule has 0 radical (unpaired) electrons. The van der Waals surface area contributed by atoms with Crippen molar-refractivity contribution in [1.82, 2.24) is 15.5 Å². The number of imide groups is 1. The summed E-state index contributed by atoms with van der Waals surface area (Å²) in [6.07, 6.45) is 5.62. The highest BCUT2D eigenvalue weighted by Gasteiger charge is 2.56. The van der Waals surface area contributed by atoms with Crippen molar-refractivity contribution in [3.8, 4) is 6.07 Å². The lowest BCUT2D eigenvalue weighted by Crippen LogP contribution is -2.50. The van der Waals surface area contributed by atoms with Gasteiger partial charge in [-0.2, -0.15) is 5.26 Å². The Balaban J connectivity index is 1.48. The van der Waals surface area contributed by atoms with Crippen molar-refractivity contribution < 1.29 is 23.9 Å². The molecule has 1 saturated heterocycles. The van der Waals surface area contributed by atoms with Crippen LogP contribution < -0.4 is 10.6 Å². The van der Waals surface area contributed by atoms with Crippen LogP contribution >= 0.6 is 0 Å². The minimum absolute atomic E-state index is 0.0958. The fourth-order valence-corrected chi connectivity index (χ4v) is 3.84. The van der Waals surface area contributed by atoms with Gasteiger partial charge in [0.15, 0.2) is 6.61 Å². The minimum Gasteiger partial charge on any atom is -0.454 e. The summed E-state index contributed by atoms with van der Waals surface area (Å²) in [7, 11) is 0. The lowest BCUT2D eigenvalue weighted by molar-refractivity contribution is -0.151. The molecule has 0 aromatic heterocycles. The van der Waals surface area contributed by atoms with Crippen LogP contribution in [-0.4, -0.2) is 52.9 Å². The number of nitrogens with one attached hydrogen (secondary N) is 2. The monoisotopic (exact) mass is 376 g/mol. The second-order valence-corrected chi connectivity index (χ2v) is 7.76. The fraction of sp³-hybridized carbons (Fsp3) is 0.722. The van der Waals surface area contributed by atoms with Gasteiger partial charge in [-0.15, -0.1) is 0 Å². The van der Waals surface area contributed by atoms with Gasteiger partial charge in [0.1, 0.15) is 17.6 Å². The predicted molar refractivity (Wildman–Crippen MR) is 91.9 cm³/mol. The molecule has 1 aliphatic heterocycles. The minimum atomic E-state index is -0.963. The Labute approximate surface area is 157 Å². The first kappa shape index (κ1) is 19.1. The molecule has 3 fully saturated rings. The van der Waals surface area contributed by atoms with Crippen molar-refractivity contribution in [1.29, 1.82) is 5.26 Å². The first-order valence-corrected chi connectivity index (χ1v) is 9.32. The molecular weight excluding hydrogens is 352 g/mol. The normalized spacial score (nSPS) is 26.9. The molecule has 0 aromatic carbocycles. The molecule has 0 aromatic rings. The van der Waals surface area contributed by atoms with E-state index in [1.807, 2.05) is 0 Å². The Morgan fingerprint density at radius 1 is 1.30 bits per heavy atom. The van der Waals surface area contributed by atoms with Gasteiger partial charge >= 0.3 is 12.0 Å². The number of carbonyl (C=O) groups is 4. The first-order valence-electron chi connectivity index (χ1n) is 9.32. The summed E-state index contributed by atoms with van der Waals surface area (Å²) in [6.45, 7) is 0.574. The van der Waals surface area contributed by atoms with Gasteiger partial charge in [-0.3, -0.25) is 19.3 Å². The molecule has 9 heteroatoms. The molecule has 4 amide bonds. The van der Waals surface area contributed by atoms with E-state index in [1.165, 1.54) is 0 Å². The molecule has 146 valence electrons. The lowest BCUT2D eigenvalue weighted by atomic mass is 9.83. The zero-order valence-electron chi connectivity index (χ0n) is 15.4. The number of nitriles is 1. The molecule has 2 aliphatic carbocycles. The van der Waals surface area contributed by atoms with Crippen LogP contribution in [0.3, 0.4) is 0 Å². The molecule has 1 heterocycles. The highest BCUT2D eigenvalue weighted by molar-refractivity contribution is 6.08. The molecule has 2 N–H and O–H groups in total. The van der Waals surface area contributed by atoms with E-state index in [2.05, 4.69) is 16.7 Å². The Morgan fingerprint density at radius 2 is 1.96 bits per heavy atom. The zero-order valence-corrected chi connectivity index (χ0v) is 15.4. The number of nitrogens with zero attached hydrogens (tertiary/aromatic N) is 2. The lowest BCUT2D eigenvalue weighted by Gasteiger charge is -2.31. The zero-order chi connectivity index (χ0) is 19.7. The number of carbonyl (C=O) groups excluding carboxylic acids is 4. The van der Waals surface area contributed by atoms with Gasteiger partial charge in [0.25, 0.3) is 11.8 Å². The van der Waals surface area contributed by atoms with Crippen LogP contribution in [0.2, 0.25) is 0 Å². The molecular formula is C18H24N4O5. The number of ether oxygens (including phenoxy) is 1. The largest absolute Gasteiger partial charge is 0.454 e. The Hall–Kier alpha value is -2.63. The summed E-state index contributed by atoms with van der Waals surface area (Å²) in [4.78, 5) is 49.3. The van der Waals surface area contributed by atoms with Crippen LogP contribution in [-0.2, 0) is 19.1 Å². The number of urea groups is 1. The highest BCUT2D eigenvalue weighted by atomic mass is 16.5. The molecule has 0 unspecified atom stereocenters. The van der Waals surface area contributed by atoms with E-state index in [9.17, 15) is 24.4 Å². The Morgan fingerprint density at radius 3 is 2.56 bits per heavy atom. The molecule has 0 bridgehead atoms. The van der Waals surface area contributed by atoms with Crippen LogP contribution in [0.1, 0.15) is 51.9 Å². The van der Waals surface area contributed by atoms with Gasteiger partial charge in [0.05, 0.1) is 6.07 Å². The van der Waals surface area contributed by atoms with Crippen molar-refractivity contribution in [2.45, 2.75) is 62.9 Å². The van der Waals surface area contributed by atoms with E-state index < -0.39 is 48.0 Å². The van der Waals surface area contributed by atoms with Crippen LogP contribution in [0.15, 0.2) is 0 Å². The smallest absolute Gasteiger partial charge is 0.326 e. The van der Waals surface area contributed by atoms with Gasteiger partial charge < -0.3 is 15.4 Å². The Bertz CT molecular complexity index is 705. The number of esters is 1. The van der Waals surface area contributed by atoms with Crippen LogP contribution in [0.5, 0.6) is 0 Å². The van der Waals surface area contributed by atoms with Gasteiger partial charge in [0.2, 0.25) is 0 Å². The second kappa shape index (κ2) is 7.18. The third-order valence-corrected chi connectivity index (χ3v) is 5.65. The molecule has 0 spiro atoms. The molecule has 3 rings (SSSR count). The molecule has 9 nitrogen and oxygen atoms in total. The maximum absolute atomic E-state index is 12.5. The molecule has 2 saturated carbocycles. The summed E-state index contributed by atoms with van der Waals surface area (Å²) < 4.78 is 4.90. The average molecular weight is 376 g/mol. The molecule has 27 heavy (non-hydrogen) atoms. The topological polar surface area (TPSA) is 129 Å². The summed E-state index contributed by atoms with van der Waals surface area (Å²) in [6, 6.07) is 1.53. The van der Waals surface area contributed by atoms with Crippen LogP contribution in [0, 0.1) is 17.2 Å². The third kappa shape index (κ3) is 3.89. The van der Waals surface area contributed by atoms with Crippen molar-refractivity contribution in [3.63, 3.8) is 0 Å². The predicted octanol–water partition coefficient (Wildman–Crippen LogP) is 0.593. The molecule has 1 atom stereocenters. The van der Waals surface area contributed by atoms with Crippen molar-refractivity contribution >= 4 is 23.8 Å². The quantitative estimate of drug-likeness (QED) is 0.516. The van der Waals surface area contributed by atoms with Gasteiger partial charge in [-0.1, -0.05) is 19.3 Å². The SMILES string of the molecule is C[C@]1(C2CC2)NC(=O)N(CC(=O)OCC(=O)NC2(C#N)CCCCC2)C1=O. The third-order valence-electron chi connectivity index (χ3n) is 5.65. The fourth-order valence-electron chi connectivity index (χ4n) is 3.84. The summed E-state index contributed by atoms with van der Waals surface area (Å²) in [5, 5.41) is 14.6. The van der Waals surface area contributed by atoms with Crippen molar-refractivity contribution in [3.05, 3.63) is 0 Å². The van der Waals surface area contributed by atoms with E-state index in [1.54, 1.807) is 6.92 Å². The molecule has 3 aliphatic rings. The van der Waals surface area contributed by atoms with Crippen molar-refractivity contribution in [2.75, 3.05) is 13.2 Å². The number of hydrogen-bond acceptors (Lipinski definition) is 6. The van der Waals surface area contributed by atoms with E-state index >= 15 is 0 Å². The number of hydrogen-bond donors (Lipinski definition) is 2. The number of rotatable bonds is 6. The summed E-state index contributed by atoms with van der Waals surface area (Å²) in [5.74, 6) is -1.75. The first-order chi connectivity index (χ1) is 12.8. The average Bonchev–Trinajstić information content (AvgIpc) is 3.47. The van der Waals surface area contributed by atoms with Gasteiger partial charge in [-0.25, -0.2) is 4.79 Å².